The SMILES string of the molecule is CSc1ccc(CN(CCO)C(=O)c2cc(-c3ccccc3O)n[nH]2)cc1. The van der Waals surface area contributed by atoms with Crippen molar-refractivity contribution in [2.75, 3.05) is 19.4 Å². The molecule has 0 aliphatic heterocycles. The second-order valence-electron chi connectivity index (χ2n) is 5.98. The molecule has 0 bridgehead atoms. The Morgan fingerprint density at radius 3 is 2.59 bits per heavy atom. The Morgan fingerprint density at radius 1 is 1.19 bits per heavy atom. The molecule has 2 aromatic carbocycles. The fraction of sp³-hybridized carbons (Fsp3) is 0.200. The van der Waals surface area contributed by atoms with Gasteiger partial charge in [-0.3, -0.25) is 9.89 Å². The van der Waals surface area contributed by atoms with Crippen LogP contribution in [0.3, 0.4) is 0 Å². The number of nitrogens with zero attached hydrogens (tertiary/aromatic N) is 2. The van der Waals surface area contributed by atoms with Crippen LogP contribution in [0.5, 0.6) is 5.75 Å². The topological polar surface area (TPSA) is 89.4 Å². The van der Waals surface area contributed by atoms with Crippen LogP contribution in [-0.2, 0) is 6.54 Å². The van der Waals surface area contributed by atoms with Gasteiger partial charge in [-0.25, -0.2) is 0 Å². The van der Waals surface area contributed by atoms with Crippen LogP contribution in [0, 0.1) is 0 Å². The number of carbonyl (C=O) groups is 1. The van der Waals surface area contributed by atoms with E-state index in [1.807, 2.05) is 30.5 Å². The zero-order valence-electron chi connectivity index (χ0n) is 14.9. The quantitative estimate of drug-likeness (QED) is 0.546. The van der Waals surface area contributed by atoms with Gasteiger partial charge >= 0.3 is 0 Å². The molecule has 1 aromatic heterocycles. The number of aromatic nitrogens is 2. The number of rotatable bonds is 7. The number of amides is 1. The zero-order valence-corrected chi connectivity index (χ0v) is 15.7. The minimum atomic E-state index is -0.257. The lowest BCUT2D eigenvalue weighted by atomic mass is 10.1. The van der Waals surface area contributed by atoms with Crippen LogP contribution >= 0.6 is 11.8 Å². The molecule has 3 aromatic rings. The van der Waals surface area contributed by atoms with Gasteiger partial charge in [-0.2, -0.15) is 5.10 Å². The Balaban J connectivity index is 1.79. The van der Waals surface area contributed by atoms with Gasteiger partial charge in [-0.05, 0) is 42.2 Å². The molecular formula is C20H21N3O3S. The number of benzene rings is 2. The Morgan fingerprint density at radius 2 is 1.93 bits per heavy atom. The van der Waals surface area contributed by atoms with Gasteiger partial charge in [0, 0.05) is 23.5 Å². The number of para-hydroxylation sites is 1. The third-order valence-corrected chi connectivity index (χ3v) is 4.92. The molecule has 27 heavy (non-hydrogen) atoms. The van der Waals surface area contributed by atoms with Crippen molar-refractivity contribution in [2.45, 2.75) is 11.4 Å². The van der Waals surface area contributed by atoms with Crippen LogP contribution in [0.2, 0.25) is 0 Å². The Labute approximate surface area is 161 Å². The summed E-state index contributed by atoms with van der Waals surface area (Å²) in [5, 5.41) is 26.2. The predicted molar refractivity (Wildman–Crippen MR) is 106 cm³/mol. The van der Waals surface area contributed by atoms with E-state index < -0.39 is 0 Å². The van der Waals surface area contributed by atoms with Crippen molar-refractivity contribution < 1.29 is 15.0 Å². The lowest BCUT2D eigenvalue weighted by molar-refractivity contribution is 0.0702. The molecule has 0 unspecified atom stereocenters. The molecule has 6 nitrogen and oxygen atoms in total. The Kier molecular flexibility index (Phi) is 6.16. The van der Waals surface area contributed by atoms with Crippen molar-refractivity contribution in [3.05, 3.63) is 65.9 Å². The van der Waals surface area contributed by atoms with Gasteiger partial charge in [0.05, 0.1) is 12.3 Å². The van der Waals surface area contributed by atoms with Crippen molar-refractivity contribution in [1.82, 2.24) is 15.1 Å². The molecule has 7 heteroatoms. The number of hydrogen-bond donors (Lipinski definition) is 3. The van der Waals surface area contributed by atoms with Gasteiger partial charge in [0.2, 0.25) is 0 Å². The summed E-state index contributed by atoms with van der Waals surface area (Å²) in [6, 6.07) is 16.4. The number of aromatic hydroxyl groups is 1. The summed E-state index contributed by atoms with van der Waals surface area (Å²) in [5.74, 6) is -0.156. The molecule has 3 rings (SSSR count). The number of aliphatic hydroxyl groups is 1. The minimum absolute atomic E-state index is 0.101. The van der Waals surface area contributed by atoms with Crippen LogP contribution in [0.1, 0.15) is 16.1 Å². The van der Waals surface area contributed by atoms with E-state index in [-0.39, 0.29) is 24.8 Å². The largest absolute Gasteiger partial charge is 0.507 e. The standard InChI is InChI=1S/C20H21N3O3S/c1-27-15-8-6-14(7-9-15)13-23(10-11-24)20(26)18-12-17(21-22-18)16-4-2-3-5-19(16)25/h2-9,12,24-25H,10-11,13H2,1H3,(H,21,22). The lowest BCUT2D eigenvalue weighted by Crippen LogP contribution is -2.33. The summed E-state index contributed by atoms with van der Waals surface area (Å²) in [6.07, 6.45) is 2.01. The monoisotopic (exact) mass is 383 g/mol. The smallest absolute Gasteiger partial charge is 0.272 e. The number of carbonyl (C=O) groups excluding carboxylic acids is 1. The first-order valence-electron chi connectivity index (χ1n) is 8.49. The van der Waals surface area contributed by atoms with Crippen LogP contribution in [0.25, 0.3) is 11.3 Å². The molecule has 1 heterocycles. The van der Waals surface area contributed by atoms with Crippen LogP contribution in [0.4, 0.5) is 0 Å². The van der Waals surface area contributed by atoms with Crippen molar-refractivity contribution in [2.24, 2.45) is 0 Å². The second-order valence-corrected chi connectivity index (χ2v) is 6.86. The summed E-state index contributed by atoms with van der Waals surface area (Å²) in [7, 11) is 0. The number of phenols is 1. The predicted octanol–water partition coefficient (Wildman–Crippen LogP) is 3.14. The number of nitrogens with one attached hydrogen (secondary N) is 1. The Hall–Kier alpha value is -2.77. The molecule has 0 spiro atoms. The third kappa shape index (κ3) is 4.50. The van der Waals surface area contributed by atoms with Crippen LogP contribution < -0.4 is 0 Å². The summed E-state index contributed by atoms with van der Waals surface area (Å²) in [5.41, 5.74) is 2.33. The molecule has 0 aliphatic carbocycles. The average Bonchev–Trinajstić information content (AvgIpc) is 3.18. The van der Waals surface area contributed by atoms with E-state index in [0.29, 0.717) is 23.5 Å². The van der Waals surface area contributed by atoms with Crippen LogP contribution in [-0.4, -0.2) is 50.6 Å². The lowest BCUT2D eigenvalue weighted by Gasteiger charge is -2.21. The van der Waals surface area contributed by atoms with Crippen molar-refractivity contribution in [3.63, 3.8) is 0 Å². The number of thioether (sulfide) groups is 1. The fourth-order valence-electron chi connectivity index (χ4n) is 2.75. The van der Waals surface area contributed by atoms with E-state index in [0.717, 1.165) is 10.5 Å². The molecule has 0 fully saturated rings. The summed E-state index contributed by atoms with van der Waals surface area (Å²) >= 11 is 1.66. The number of aliphatic hydroxyl groups excluding tert-OH is 1. The van der Waals surface area contributed by atoms with E-state index in [1.54, 1.807) is 47.0 Å². The van der Waals surface area contributed by atoms with E-state index >= 15 is 0 Å². The number of hydrogen-bond acceptors (Lipinski definition) is 5. The summed E-state index contributed by atoms with van der Waals surface area (Å²) in [4.78, 5) is 15.6. The highest BCUT2D eigenvalue weighted by Gasteiger charge is 2.19. The highest BCUT2D eigenvalue weighted by Crippen LogP contribution is 2.27. The van der Waals surface area contributed by atoms with E-state index in [4.69, 9.17) is 0 Å². The first-order chi connectivity index (χ1) is 13.1. The highest BCUT2D eigenvalue weighted by molar-refractivity contribution is 7.98. The number of phenolic OH excluding ortho intramolecular Hbond substituents is 1. The zero-order chi connectivity index (χ0) is 19.2. The molecule has 0 radical (unpaired) electrons. The van der Waals surface area contributed by atoms with E-state index in [2.05, 4.69) is 10.2 Å². The van der Waals surface area contributed by atoms with Gasteiger partial charge in [-0.15, -0.1) is 11.8 Å². The van der Waals surface area contributed by atoms with Crippen molar-refractivity contribution >= 4 is 17.7 Å². The molecule has 0 aliphatic rings. The van der Waals surface area contributed by atoms with Gasteiger partial charge in [0.15, 0.2) is 0 Å². The maximum Gasteiger partial charge on any atom is 0.272 e. The van der Waals surface area contributed by atoms with Crippen LogP contribution in [0.15, 0.2) is 59.5 Å². The summed E-state index contributed by atoms with van der Waals surface area (Å²) < 4.78 is 0. The van der Waals surface area contributed by atoms with Gasteiger partial charge in [-0.1, -0.05) is 24.3 Å². The molecule has 0 saturated carbocycles. The molecule has 1 amide bonds. The highest BCUT2D eigenvalue weighted by atomic mass is 32.2. The van der Waals surface area contributed by atoms with E-state index in [1.165, 1.54) is 0 Å². The van der Waals surface area contributed by atoms with Gasteiger partial charge in [0.1, 0.15) is 11.4 Å². The van der Waals surface area contributed by atoms with Gasteiger partial charge in [0.25, 0.3) is 5.91 Å². The maximum absolute atomic E-state index is 12.9. The van der Waals surface area contributed by atoms with E-state index in [9.17, 15) is 15.0 Å². The molecule has 0 atom stereocenters. The van der Waals surface area contributed by atoms with Crippen molar-refractivity contribution in [3.8, 4) is 17.0 Å². The second kappa shape index (κ2) is 8.75. The molecule has 3 N–H and O–H groups in total. The molecule has 0 saturated heterocycles. The number of H-pyrrole nitrogens is 1. The Bertz CT molecular complexity index is 909. The number of aromatic amines is 1. The summed E-state index contributed by atoms with van der Waals surface area (Å²) in [6.45, 7) is 0.474. The first-order valence-corrected chi connectivity index (χ1v) is 9.71. The van der Waals surface area contributed by atoms with Gasteiger partial charge < -0.3 is 15.1 Å². The van der Waals surface area contributed by atoms with Crippen molar-refractivity contribution in [1.29, 1.82) is 0 Å². The maximum atomic E-state index is 12.9. The normalized spacial score (nSPS) is 10.7. The third-order valence-electron chi connectivity index (χ3n) is 4.18. The average molecular weight is 383 g/mol. The first kappa shape index (κ1) is 19.0. The fourth-order valence-corrected chi connectivity index (χ4v) is 3.16. The molecular weight excluding hydrogens is 362 g/mol. The minimum Gasteiger partial charge on any atom is -0.507 e. The molecule has 140 valence electrons.